The third-order valence-electron chi connectivity index (χ3n) is 3.41. The Balaban J connectivity index is 1.68. The van der Waals surface area contributed by atoms with Gasteiger partial charge in [0.25, 0.3) is 5.91 Å². The first-order chi connectivity index (χ1) is 10.1. The van der Waals surface area contributed by atoms with Crippen molar-refractivity contribution in [1.29, 1.82) is 0 Å². The molecule has 0 bridgehead atoms. The zero-order valence-electron chi connectivity index (χ0n) is 11.1. The second kappa shape index (κ2) is 5.69. The quantitative estimate of drug-likeness (QED) is 0.855. The van der Waals surface area contributed by atoms with Crippen molar-refractivity contribution in [2.45, 2.75) is 25.3 Å². The van der Waals surface area contributed by atoms with Crippen LogP contribution in [0.15, 0.2) is 28.1 Å². The molecule has 2 N–H and O–H groups in total. The number of aromatic nitrogens is 1. The van der Waals surface area contributed by atoms with Crippen LogP contribution in [0.1, 0.15) is 29.8 Å². The molecule has 0 aliphatic heterocycles. The summed E-state index contributed by atoms with van der Waals surface area (Å²) in [5, 5.41) is 17.3. The molecule has 1 aliphatic carbocycles. The van der Waals surface area contributed by atoms with E-state index in [1.165, 1.54) is 11.3 Å². The lowest BCUT2D eigenvalue weighted by Crippen LogP contribution is -2.38. The van der Waals surface area contributed by atoms with Gasteiger partial charge in [0.15, 0.2) is 11.5 Å². The molecule has 1 aliphatic rings. The predicted molar refractivity (Wildman–Crippen MR) is 76.0 cm³/mol. The molecule has 1 amide bonds. The summed E-state index contributed by atoms with van der Waals surface area (Å²) in [6.07, 6.45) is 1.85. The van der Waals surface area contributed by atoms with Crippen molar-refractivity contribution >= 4 is 23.2 Å². The van der Waals surface area contributed by atoms with E-state index in [1.807, 2.05) is 17.5 Å². The zero-order chi connectivity index (χ0) is 14.8. The number of amides is 1. The summed E-state index contributed by atoms with van der Waals surface area (Å²) in [5.74, 6) is -0.503. The molecule has 0 aromatic carbocycles. The SMILES string of the molecule is O=C(O)CC(NC(=O)c1cc(-c2cccs2)on1)C1CC1. The van der Waals surface area contributed by atoms with E-state index < -0.39 is 5.97 Å². The minimum absolute atomic E-state index is 0.0635. The first-order valence-electron chi connectivity index (χ1n) is 6.66. The molecule has 0 saturated heterocycles. The number of carboxylic acids is 1. The van der Waals surface area contributed by atoms with Gasteiger partial charge in [-0.2, -0.15) is 0 Å². The van der Waals surface area contributed by atoms with E-state index in [1.54, 1.807) is 6.07 Å². The maximum Gasteiger partial charge on any atom is 0.305 e. The van der Waals surface area contributed by atoms with Crippen molar-refractivity contribution in [3.63, 3.8) is 0 Å². The Morgan fingerprint density at radius 3 is 2.95 bits per heavy atom. The van der Waals surface area contributed by atoms with Crippen LogP contribution in [-0.2, 0) is 4.79 Å². The average molecular weight is 306 g/mol. The summed E-state index contributed by atoms with van der Waals surface area (Å²) < 4.78 is 5.15. The van der Waals surface area contributed by atoms with Gasteiger partial charge in [-0.3, -0.25) is 9.59 Å². The fraction of sp³-hybridized carbons (Fsp3) is 0.357. The molecule has 0 spiro atoms. The number of aliphatic carboxylic acids is 1. The van der Waals surface area contributed by atoms with E-state index >= 15 is 0 Å². The van der Waals surface area contributed by atoms with Crippen LogP contribution in [0.25, 0.3) is 10.6 Å². The Morgan fingerprint density at radius 2 is 2.33 bits per heavy atom. The van der Waals surface area contributed by atoms with Crippen molar-refractivity contribution in [2.75, 3.05) is 0 Å². The molecule has 2 aromatic rings. The van der Waals surface area contributed by atoms with Gasteiger partial charge in [0.1, 0.15) is 0 Å². The van der Waals surface area contributed by atoms with Crippen molar-refractivity contribution in [3.8, 4) is 10.6 Å². The number of rotatable bonds is 6. The largest absolute Gasteiger partial charge is 0.481 e. The maximum absolute atomic E-state index is 12.1. The molecule has 0 radical (unpaired) electrons. The molecule has 2 aromatic heterocycles. The van der Waals surface area contributed by atoms with Crippen LogP contribution in [0, 0.1) is 5.92 Å². The third-order valence-corrected chi connectivity index (χ3v) is 4.29. The van der Waals surface area contributed by atoms with E-state index in [0.29, 0.717) is 5.76 Å². The smallest absolute Gasteiger partial charge is 0.305 e. The summed E-state index contributed by atoms with van der Waals surface area (Å²) in [6.45, 7) is 0. The van der Waals surface area contributed by atoms with Gasteiger partial charge in [-0.1, -0.05) is 11.2 Å². The zero-order valence-corrected chi connectivity index (χ0v) is 11.9. The van der Waals surface area contributed by atoms with E-state index in [0.717, 1.165) is 17.7 Å². The Labute approximate surface area is 124 Å². The van der Waals surface area contributed by atoms with Crippen LogP contribution < -0.4 is 5.32 Å². The highest BCUT2D eigenvalue weighted by molar-refractivity contribution is 7.13. The van der Waals surface area contributed by atoms with Gasteiger partial charge in [0, 0.05) is 12.1 Å². The highest BCUT2D eigenvalue weighted by Crippen LogP contribution is 2.34. The Morgan fingerprint density at radius 1 is 1.52 bits per heavy atom. The Hall–Kier alpha value is -2.15. The minimum Gasteiger partial charge on any atom is -0.481 e. The number of carbonyl (C=O) groups excluding carboxylic acids is 1. The highest BCUT2D eigenvalue weighted by atomic mass is 32.1. The number of carbonyl (C=O) groups is 2. The highest BCUT2D eigenvalue weighted by Gasteiger charge is 2.34. The third kappa shape index (κ3) is 3.30. The van der Waals surface area contributed by atoms with E-state index in [4.69, 9.17) is 9.63 Å². The van der Waals surface area contributed by atoms with Crippen LogP contribution in [-0.4, -0.2) is 28.2 Å². The van der Waals surface area contributed by atoms with Crippen molar-refractivity contribution < 1.29 is 19.2 Å². The molecule has 110 valence electrons. The van der Waals surface area contributed by atoms with Crippen molar-refractivity contribution in [1.82, 2.24) is 10.5 Å². The van der Waals surface area contributed by atoms with Crippen LogP contribution >= 0.6 is 11.3 Å². The number of thiophene rings is 1. The van der Waals surface area contributed by atoms with Gasteiger partial charge < -0.3 is 14.9 Å². The van der Waals surface area contributed by atoms with Crippen LogP contribution in [0.5, 0.6) is 0 Å². The summed E-state index contributed by atoms with van der Waals surface area (Å²) in [7, 11) is 0. The molecule has 3 rings (SSSR count). The lowest BCUT2D eigenvalue weighted by molar-refractivity contribution is -0.137. The molecular formula is C14H14N2O4S. The van der Waals surface area contributed by atoms with Crippen LogP contribution in [0.4, 0.5) is 0 Å². The summed E-state index contributed by atoms with van der Waals surface area (Å²) >= 11 is 1.50. The number of hydrogen-bond acceptors (Lipinski definition) is 5. The topological polar surface area (TPSA) is 92.4 Å². The van der Waals surface area contributed by atoms with Gasteiger partial charge in [-0.05, 0) is 30.2 Å². The number of hydrogen-bond donors (Lipinski definition) is 2. The number of nitrogens with one attached hydrogen (secondary N) is 1. The monoisotopic (exact) mass is 306 g/mol. The molecule has 2 heterocycles. The molecule has 6 nitrogen and oxygen atoms in total. The van der Waals surface area contributed by atoms with Crippen molar-refractivity contribution in [3.05, 3.63) is 29.3 Å². The van der Waals surface area contributed by atoms with Crippen molar-refractivity contribution in [2.24, 2.45) is 5.92 Å². The second-order valence-corrected chi connectivity index (χ2v) is 6.02. The summed E-state index contributed by atoms with van der Waals surface area (Å²) in [5.41, 5.74) is 0.175. The van der Waals surface area contributed by atoms with Crippen LogP contribution in [0.2, 0.25) is 0 Å². The van der Waals surface area contributed by atoms with Gasteiger partial charge in [-0.25, -0.2) is 0 Å². The molecule has 1 fully saturated rings. The predicted octanol–water partition coefficient (Wildman–Crippen LogP) is 2.39. The second-order valence-electron chi connectivity index (χ2n) is 5.07. The maximum atomic E-state index is 12.1. The Bertz CT molecular complexity index is 646. The van der Waals surface area contributed by atoms with Gasteiger partial charge in [0.05, 0.1) is 11.3 Å². The standard InChI is InChI=1S/C14H14N2O4S/c17-13(18)7-9(8-3-4-8)15-14(19)10-6-11(20-16-10)12-2-1-5-21-12/h1-2,5-6,8-9H,3-4,7H2,(H,15,19)(H,17,18). The lowest BCUT2D eigenvalue weighted by Gasteiger charge is -2.14. The Kier molecular flexibility index (Phi) is 3.74. The van der Waals surface area contributed by atoms with Gasteiger partial charge >= 0.3 is 5.97 Å². The molecule has 21 heavy (non-hydrogen) atoms. The average Bonchev–Trinajstić information content (AvgIpc) is 2.95. The fourth-order valence-corrected chi connectivity index (χ4v) is 2.85. The molecule has 1 atom stereocenters. The first-order valence-corrected chi connectivity index (χ1v) is 7.54. The number of nitrogens with zero attached hydrogens (tertiary/aromatic N) is 1. The lowest BCUT2D eigenvalue weighted by atomic mass is 10.1. The first kappa shape index (κ1) is 13.8. The minimum atomic E-state index is -0.911. The van der Waals surface area contributed by atoms with Gasteiger partial charge in [0.2, 0.25) is 0 Å². The van der Waals surface area contributed by atoms with E-state index in [-0.39, 0.29) is 30.0 Å². The number of carboxylic acid groups (broad SMARTS) is 1. The van der Waals surface area contributed by atoms with Gasteiger partial charge in [-0.15, -0.1) is 11.3 Å². The summed E-state index contributed by atoms with van der Waals surface area (Å²) in [4.78, 5) is 23.9. The van der Waals surface area contributed by atoms with Crippen LogP contribution in [0.3, 0.4) is 0 Å². The summed E-state index contributed by atoms with van der Waals surface area (Å²) in [6, 6.07) is 5.01. The molecule has 1 unspecified atom stereocenters. The fourth-order valence-electron chi connectivity index (χ4n) is 2.18. The van der Waals surface area contributed by atoms with E-state index in [2.05, 4.69) is 10.5 Å². The molecule has 1 saturated carbocycles. The molecule has 7 heteroatoms. The van der Waals surface area contributed by atoms with E-state index in [9.17, 15) is 9.59 Å². The normalized spacial score (nSPS) is 15.6. The molecular weight excluding hydrogens is 292 g/mol.